The van der Waals surface area contributed by atoms with Gasteiger partial charge in [-0.15, -0.1) is 11.8 Å². The number of nitrogen functional groups attached to an aromatic ring is 1. The van der Waals surface area contributed by atoms with Crippen molar-refractivity contribution in [2.45, 2.75) is 38.1 Å². The number of nitrogens with zero attached hydrogens (tertiary/aromatic N) is 4. The Balaban J connectivity index is 1.69. The zero-order chi connectivity index (χ0) is 20.5. The number of benzene rings is 1. The lowest BCUT2D eigenvalue weighted by molar-refractivity contribution is 0.517. The first-order valence-electron chi connectivity index (χ1n) is 9.75. The number of halogens is 2. The number of aromatic nitrogens is 4. The lowest BCUT2D eigenvalue weighted by Gasteiger charge is -2.12. The van der Waals surface area contributed by atoms with Gasteiger partial charge in [-0.1, -0.05) is 19.9 Å². The first-order valence-corrected chi connectivity index (χ1v) is 11.8. The fourth-order valence-corrected chi connectivity index (χ4v) is 5.51. The van der Waals surface area contributed by atoms with Crippen LogP contribution >= 0.6 is 34.4 Å². The van der Waals surface area contributed by atoms with Gasteiger partial charge in [0.15, 0.2) is 17.0 Å². The zero-order valence-corrected chi connectivity index (χ0v) is 19.5. The highest BCUT2D eigenvalue weighted by Crippen LogP contribution is 2.34. The summed E-state index contributed by atoms with van der Waals surface area (Å²) in [6.45, 7) is 6.66. The molecule has 0 fully saturated rings. The number of fused-ring (bicyclic) bond motifs is 2. The molecule has 1 aliphatic rings. The van der Waals surface area contributed by atoms with Gasteiger partial charge in [0.2, 0.25) is 0 Å². The summed E-state index contributed by atoms with van der Waals surface area (Å²) in [4.78, 5) is 13.7. The maximum atomic E-state index is 13.9. The van der Waals surface area contributed by atoms with Gasteiger partial charge in [-0.05, 0) is 58.7 Å². The van der Waals surface area contributed by atoms with Gasteiger partial charge in [0, 0.05) is 33.7 Å². The minimum Gasteiger partial charge on any atom is -0.382 e. The Bertz CT molecular complexity index is 1050. The van der Waals surface area contributed by atoms with Crippen molar-refractivity contribution in [1.82, 2.24) is 24.8 Å². The Morgan fingerprint density at radius 1 is 1.31 bits per heavy atom. The first-order chi connectivity index (χ1) is 13.9. The molecule has 0 amide bonds. The Morgan fingerprint density at radius 3 is 2.93 bits per heavy atom. The van der Waals surface area contributed by atoms with Crippen LogP contribution in [0.2, 0.25) is 0 Å². The van der Waals surface area contributed by atoms with Crippen molar-refractivity contribution < 1.29 is 4.39 Å². The molecule has 3 aromatic rings. The summed E-state index contributed by atoms with van der Waals surface area (Å²) in [5.41, 5.74) is 9.50. The Labute approximate surface area is 187 Å². The summed E-state index contributed by atoms with van der Waals surface area (Å²) < 4.78 is 17.1. The van der Waals surface area contributed by atoms with Gasteiger partial charge in [0.05, 0.1) is 0 Å². The van der Waals surface area contributed by atoms with Crippen LogP contribution in [0.15, 0.2) is 17.0 Å². The summed E-state index contributed by atoms with van der Waals surface area (Å²) in [7, 11) is 0. The van der Waals surface area contributed by atoms with Gasteiger partial charge in [0.1, 0.15) is 5.82 Å². The van der Waals surface area contributed by atoms with E-state index in [2.05, 4.69) is 63.9 Å². The highest BCUT2D eigenvalue weighted by Gasteiger charge is 2.20. The van der Waals surface area contributed by atoms with E-state index in [0.29, 0.717) is 30.0 Å². The first kappa shape index (κ1) is 20.8. The van der Waals surface area contributed by atoms with Crippen LogP contribution in [-0.4, -0.2) is 38.4 Å². The van der Waals surface area contributed by atoms with Crippen LogP contribution in [0.3, 0.4) is 0 Å². The number of imidazole rings is 1. The van der Waals surface area contributed by atoms with E-state index < -0.39 is 6.08 Å². The molecule has 2 aromatic heterocycles. The number of hydrogen-bond donors (Lipinski definition) is 2. The summed E-state index contributed by atoms with van der Waals surface area (Å²) in [5.74, 6) is 2.62. The normalized spacial score (nSPS) is 13.6. The van der Waals surface area contributed by atoms with Crippen molar-refractivity contribution in [3.63, 3.8) is 0 Å². The molecule has 0 radical (unpaired) electrons. The molecule has 154 valence electrons. The molecule has 3 heterocycles. The molecule has 1 aromatic carbocycles. The molecular weight excluding hydrogens is 502 g/mol. The number of thioether (sulfide) groups is 1. The molecular formula is C20H24FIN6S. The second-order valence-corrected chi connectivity index (χ2v) is 9.95. The van der Waals surface area contributed by atoms with Crippen molar-refractivity contribution in [2.75, 3.05) is 24.6 Å². The fourth-order valence-electron chi connectivity index (χ4n) is 3.55. The largest absolute Gasteiger partial charge is 0.382 e. The van der Waals surface area contributed by atoms with E-state index >= 15 is 0 Å². The van der Waals surface area contributed by atoms with Crippen LogP contribution in [0, 0.1) is 15.6 Å². The van der Waals surface area contributed by atoms with E-state index in [1.54, 1.807) is 0 Å². The Hall–Kier alpha value is -1.46. The van der Waals surface area contributed by atoms with E-state index in [4.69, 9.17) is 10.7 Å². The third-order valence-corrected chi connectivity index (χ3v) is 7.05. The van der Waals surface area contributed by atoms with E-state index in [0.717, 1.165) is 31.1 Å². The number of nitrogens with one attached hydrogen (secondary N) is 1. The van der Waals surface area contributed by atoms with Crippen LogP contribution in [0.4, 0.5) is 10.2 Å². The Morgan fingerprint density at radius 2 is 2.14 bits per heavy atom. The minimum absolute atomic E-state index is 0.0858. The molecule has 0 atom stereocenters. The van der Waals surface area contributed by atoms with Crippen molar-refractivity contribution in [3.8, 4) is 0 Å². The molecule has 3 N–H and O–H groups in total. The van der Waals surface area contributed by atoms with Crippen LogP contribution in [0.5, 0.6) is 0 Å². The van der Waals surface area contributed by atoms with Gasteiger partial charge in [0.25, 0.3) is 0 Å². The van der Waals surface area contributed by atoms with E-state index in [1.807, 2.05) is 16.3 Å². The van der Waals surface area contributed by atoms with E-state index in [1.165, 1.54) is 19.6 Å². The summed E-state index contributed by atoms with van der Waals surface area (Å²) in [5, 5.41) is 3.43. The SMILES string of the molecule is CC(C)CNCCn1c(Cc2cc3c(cc2I)SCC3)nc2c(N)nc(F)nc21. The van der Waals surface area contributed by atoms with Crippen molar-refractivity contribution in [3.05, 3.63) is 38.7 Å². The predicted molar refractivity (Wildman–Crippen MR) is 124 cm³/mol. The van der Waals surface area contributed by atoms with Crippen molar-refractivity contribution in [2.24, 2.45) is 5.92 Å². The lowest BCUT2D eigenvalue weighted by Crippen LogP contribution is -2.25. The number of rotatable bonds is 7. The van der Waals surface area contributed by atoms with Gasteiger partial charge >= 0.3 is 6.08 Å². The van der Waals surface area contributed by atoms with Crippen molar-refractivity contribution in [1.29, 1.82) is 0 Å². The average Bonchev–Trinajstić information content (AvgIpc) is 3.23. The number of aryl methyl sites for hydroxylation is 1. The van der Waals surface area contributed by atoms with E-state index in [9.17, 15) is 4.39 Å². The average molecular weight is 526 g/mol. The topological polar surface area (TPSA) is 81.7 Å². The Kier molecular flexibility index (Phi) is 6.26. The maximum Gasteiger partial charge on any atom is 0.312 e. The lowest BCUT2D eigenvalue weighted by atomic mass is 10.1. The molecule has 1 aliphatic heterocycles. The second kappa shape index (κ2) is 8.73. The van der Waals surface area contributed by atoms with Crippen LogP contribution in [0.25, 0.3) is 11.2 Å². The van der Waals surface area contributed by atoms with Crippen LogP contribution in [0.1, 0.15) is 30.8 Å². The molecule has 0 unspecified atom stereocenters. The molecule has 0 aliphatic carbocycles. The summed E-state index contributed by atoms with van der Waals surface area (Å²) >= 11 is 4.30. The molecule has 0 saturated heterocycles. The standard InChI is InChI=1S/C20H24FIN6S/c1-11(2)10-24-4-5-28-16(25-17-18(23)26-20(21)27-19(17)28)8-13-7-12-3-6-29-15(12)9-14(13)22/h7,9,11,24H,3-6,8,10H2,1-2H3,(H2,23,26,27). The van der Waals surface area contributed by atoms with Crippen molar-refractivity contribution >= 4 is 51.3 Å². The number of nitrogens with two attached hydrogens (primary N) is 1. The molecule has 4 rings (SSSR count). The van der Waals surface area contributed by atoms with Crippen LogP contribution in [-0.2, 0) is 19.4 Å². The highest BCUT2D eigenvalue weighted by atomic mass is 127. The van der Waals surface area contributed by atoms with Gasteiger partial charge in [-0.3, -0.25) is 0 Å². The summed E-state index contributed by atoms with van der Waals surface area (Å²) in [6.07, 6.45) is 0.933. The number of anilines is 1. The third-order valence-electron chi connectivity index (χ3n) is 4.95. The van der Waals surface area contributed by atoms with Crippen LogP contribution < -0.4 is 11.1 Å². The molecule has 9 heteroatoms. The van der Waals surface area contributed by atoms with E-state index in [-0.39, 0.29) is 5.82 Å². The smallest absolute Gasteiger partial charge is 0.312 e. The fraction of sp³-hybridized carbons (Fsp3) is 0.450. The van der Waals surface area contributed by atoms with Gasteiger partial charge in [-0.2, -0.15) is 14.4 Å². The molecule has 0 bridgehead atoms. The maximum absolute atomic E-state index is 13.9. The second-order valence-electron chi connectivity index (χ2n) is 7.65. The zero-order valence-electron chi connectivity index (χ0n) is 16.5. The predicted octanol–water partition coefficient (Wildman–Crippen LogP) is 3.64. The molecule has 0 saturated carbocycles. The minimum atomic E-state index is -0.818. The highest BCUT2D eigenvalue weighted by molar-refractivity contribution is 14.1. The third kappa shape index (κ3) is 4.51. The van der Waals surface area contributed by atoms with Gasteiger partial charge < -0.3 is 15.6 Å². The molecule has 29 heavy (non-hydrogen) atoms. The number of hydrogen-bond acceptors (Lipinski definition) is 6. The van der Waals surface area contributed by atoms with Gasteiger partial charge in [-0.25, -0.2) is 4.98 Å². The monoisotopic (exact) mass is 526 g/mol. The summed E-state index contributed by atoms with van der Waals surface area (Å²) in [6, 6.07) is 4.54. The molecule has 6 nitrogen and oxygen atoms in total. The molecule has 0 spiro atoms. The quantitative estimate of drug-likeness (QED) is 0.278.